The van der Waals surface area contributed by atoms with Crippen molar-refractivity contribution in [1.29, 1.82) is 0 Å². The van der Waals surface area contributed by atoms with Crippen LogP contribution in [0.5, 0.6) is 0 Å². The molecule has 52 nitrogen and oxygen atoms in total. The van der Waals surface area contributed by atoms with Gasteiger partial charge < -0.3 is 142 Å². The van der Waals surface area contributed by atoms with Gasteiger partial charge in [0.1, 0.15) is 67.0 Å². The van der Waals surface area contributed by atoms with Crippen molar-refractivity contribution in [3.05, 3.63) is 0 Å². The second-order valence-electron chi connectivity index (χ2n) is 25.7. The summed E-state index contributed by atoms with van der Waals surface area (Å²) in [5.41, 5.74) is 0. The Kier molecular flexibility index (Phi) is 45.2. The van der Waals surface area contributed by atoms with Gasteiger partial charge in [-0.3, -0.25) is 116 Å². The first kappa shape index (κ1) is 99.2. The number of nitrogens with one attached hydrogen (secondary N) is 3. The van der Waals surface area contributed by atoms with Gasteiger partial charge in [0.25, 0.3) is 0 Å². The molecular formula is C60H100N12O40. The standard InChI is InChI=1S/C60H100N12O40/c73-28-32(61-36(78)13-67(19-42(87)88)7-1-64(16-39(81)82)4-10-70(22-45(93)94)23-46(95)96)53(105)57(33(77)29-74)111-60-52(63-38(80)15-69(21-44(91)92)9-3-66(18-41(85)86)6-12-72(26-49(101)102)27-50(103)104)56(108)58(35(31-76)110-60)112-59-51(55(107)54(106)34(30-75)109-59)62-37(79)14-68(20-43(89)90)8-2-65(17-40(83)84)5-11-71(24-47(97)98)25-48(99)100/h32-35,51-60,73-77,105-108H,1-31H2,(H,61,78)(H,62,79)(H,63,80)(H,81,82)(H,83,84)(H,85,86)(H,87,88)(H,89,90)(H,91,92)(H,93,94)(H,95,96)(H,97,98)(H,99,100)(H,101,102)(H,103,104)/t32-,33-,34-,35-,51-,52-,53-,54-,55-,56-,57-,58-,59-,60+/m1/s1. The van der Waals surface area contributed by atoms with E-state index in [-0.39, 0.29) is 45.8 Å². The number of carbonyl (C=O) groups excluding carboxylic acids is 3. The topological polar surface area (TPSA) is 783 Å². The molecule has 0 bridgehead atoms. The van der Waals surface area contributed by atoms with E-state index in [1.165, 1.54) is 0 Å². The maximum atomic E-state index is 14.5. The molecule has 640 valence electrons. The molecule has 0 unspecified atom stereocenters. The number of carboxylic acid groups (broad SMARTS) is 12. The fourth-order valence-corrected chi connectivity index (χ4v) is 11.5. The van der Waals surface area contributed by atoms with E-state index >= 15 is 0 Å². The van der Waals surface area contributed by atoms with Gasteiger partial charge >= 0.3 is 71.6 Å². The van der Waals surface area contributed by atoms with Gasteiger partial charge in [-0.2, -0.15) is 0 Å². The first-order valence-electron chi connectivity index (χ1n) is 33.9. The lowest BCUT2D eigenvalue weighted by Gasteiger charge is -2.49. The van der Waals surface area contributed by atoms with E-state index in [1.54, 1.807) is 0 Å². The number of aliphatic carboxylic acids is 12. The number of aliphatic hydroxyl groups is 9. The van der Waals surface area contributed by atoms with E-state index in [0.29, 0.717) is 0 Å². The molecule has 112 heavy (non-hydrogen) atoms. The van der Waals surface area contributed by atoms with Gasteiger partial charge in [-0.15, -0.1) is 0 Å². The van der Waals surface area contributed by atoms with Crippen LogP contribution in [0.1, 0.15) is 0 Å². The normalized spacial score (nSPS) is 21.1. The second-order valence-corrected chi connectivity index (χ2v) is 25.7. The summed E-state index contributed by atoms with van der Waals surface area (Å²) in [4.78, 5) is 192. The Balaban J connectivity index is 2.78. The molecule has 2 heterocycles. The molecule has 24 N–H and O–H groups in total. The minimum Gasteiger partial charge on any atom is -0.480 e. The van der Waals surface area contributed by atoms with Gasteiger partial charge in [0, 0.05) is 78.5 Å². The molecule has 0 aliphatic carbocycles. The van der Waals surface area contributed by atoms with Crippen LogP contribution in [-0.2, 0) is 90.9 Å². The van der Waals surface area contributed by atoms with Crippen LogP contribution < -0.4 is 16.0 Å². The number of nitrogens with zero attached hydrogens (tertiary/aromatic N) is 9. The van der Waals surface area contributed by atoms with Crippen LogP contribution >= 0.6 is 0 Å². The number of hydrogen-bond acceptors (Lipinski definition) is 37. The highest BCUT2D eigenvalue weighted by atomic mass is 16.7. The first-order chi connectivity index (χ1) is 52.5. The number of amides is 3. The third-order valence-electron chi connectivity index (χ3n) is 16.6. The molecule has 52 heteroatoms. The zero-order valence-corrected chi connectivity index (χ0v) is 60.2. The average molecular weight is 1630 g/mol. The molecule has 0 radical (unpaired) electrons. The van der Waals surface area contributed by atoms with Gasteiger partial charge in [0.15, 0.2) is 12.6 Å². The van der Waals surface area contributed by atoms with Crippen LogP contribution in [0.15, 0.2) is 0 Å². The highest BCUT2D eigenvalue weighted by Crippen LogP contribution is 2.31. The monoisotopic (exact) mass is 1630 g/mol. The summed E-state index contributed by atoms with van der Waals surface area (Å²) in [5.74, 6) is -21.6. The van der Waals surface area contributed by atoms with E-state index in [0.717, 1.165) is 44.1 Å². The van der Waals surface area contributed by atoms with Crippen LogP contribution in [0, 0.1) is 0 Å². The number of hydrogen-bond donors (Lipinski definition) is 24. The fourth-order valence-electron chi connectivity index (χ4n) is 11.5. The van der Waals surface area contributed by atoms with Crippen molar-refractivity contribution in [2.24, 2.45) is 0 Å². The van der Waals surface area contributed by atoms with Crippen LogP contribution in [0.2, 0.25) is 0 Å². The summed E-state index contributed by atoms with van der Waals surface area (Å²) in [7, 11) is 0. The second kappa shape index (κ2) is 51.0. The van der Waals surface area contributed by atoms with Crippen molar-refractivity contribution >= 4 is 89.4 Å². The number of ether oxygens (including phenoxy) is 4. The van der Waals surface area contributed by atoms with Gasteiger partial charge in [0.05, 0.1) is 131 Å². The van der Waals surface area contributed by atoms with Crippen molar-refractivity contribution in [3.8, 4) is 0 Å². The Bertz CT molecular complexity index is 3050. The van der Waals surface area contributed by atoms with E-state index in [4.69, 9.17) is 18.9 Å². The number of rotatable bonds is 62. The number of aliphatic hydroxyl groups excluding tert-OH is 9. The molecule has 2 aliphatic rings. The Hall–Kier alpha value is -8.83. The van der Waals surface area contributed by atoms with Crippen molar-refractivity contribution in [2.75, 3.05) is 203 Å². The predicted molar refractivity (Wildman–Crippen MR) is 361 cm³/mol. The molecular weight excluding hydrogens is 1530 g/mol. The molecule has 0 spiro atoms. The molecule has 2 aliphatic heterocycles. The summed E-state index contributed by atoms with van der Waals surface area (Å²) in [6.45, 7) is -23.2. The van der Waals surface area contributed by atoms with Gasteiger partial charge in [-0.05, 0) is 0 Å². The molecule has 0 aromatic heterocycles. The van der Waals surface area contributed by atoms with Crippen molar-refractivity contribution in [1.82, 2.24) is 60.0 Å². The largest absolute Gasteiger partial charge is 0.480 e. The van der Waals surface area contributed by atoms with Crippen LogP contribution in [0.3, 0.4) is 0 Å². The zero-order chi connectivity index (χ0) is 84.8. The Morgan fingerprint density at radius 3 is 0.857 bits per heavy atom. The minimum atomic E-state index is -2.52. The summed E-state index contributed by atoms with van der Waals surface area (Å²) < 4.78 is 23.8. The lowest BCUT2D eigenvalue weighted by atomic mass is 9.94. The Labute approximate surface area is 634 Å². The summed E-state index contributed by atoms with van der Waals surface area (Å²) in [5, 5.41) is 222. The van der Waals surface area contributed by atoms with Gasteiger partial charge in [0.2, 0.25) is 17.7 Å². The lowest BCUT2D eigenvalue weighted by molar-refractivity contribution is -0.341. The zero-order valence-electron chi connectivity index (χ0n) is 60.2. The van der Waals surface area contributed by atoms with Crippen molar-refractivity contribution < 1.29 is 198 Å². The van der Waals surface area contributed by atoms with Crippen molar-refractivity contribution in [3.63, 3.8) is 0 Å². The third kappa shape index (κ3) is 39.1. The summed E-state index contributed by atoms with van der Waals surface area (Å²) >= 11 is 0. The molecule has 0 saturated carbocycles. The van der Waals surface area contributed by atoms with Crippen LogP contribution in [0.25, 0.3) is 0 Å². The predicted octanol–water partition coefficient (Wildman–Crippen LogP) is -15.8. The van der Waals surface area contributed by atoms with Crippen LogP contribution in [0.4, 0.5) is 0 Å². The van der Waals surface area contributed by atoms with E-state index < -0.39 is 332 Å². The Morgan fingerprint density at radius 1 is 0.321 bits per heavy atom. The molecule has 14 atom stereocenters. The maximum Gasteiger partial charge on any atom is 0.317 e. The number of carbonyl (C=O) groups is 15. The molecule has 3 amide bonds. The molecule has 0 aromatic rings. The van der Waals surface area contributed by atoms with Crippen molar-refractivity contribution in [2.45, 2.75) is 85.6 Å². The SMILES string of the molecule is O=C(O)CN(CCN(CC(=O)O)CC(=O)O)CCN(CC(=O)O)CC(=O)N[C@H]1[C@H](O[C@@H]([C@H](O)[C@@H](CO)NC(=O)CN(CCN(CCN(CC(=O)O)CC(=O)O)CC(=O)O)CC(=O)O)[C@H](O)CO)O[C@H](CO)[C@@H](O[C@H]2O[C@H](CO)[C@@H](O)[C@H](O)[C@H]2NC(=O)CN(CCN(CCN(CC(=O)O)CC(=O)O)CC(=O)O)CC(=O)O)[C@@H]1O. The summed E-state index contributed by atoms with van der Waals surface area (Å²) in [6, 6.07) is -6.50. The van der Waals surface area contributed by atoms with Gasteiger partial charge in [-0.25, -0.2) is 0 Å². The number of carboxylic acids is 12. The highest BCUT2D eigenvalue weighted by Gasteiger charge is 2.54. The molecule has 2 fully saturated rings. The maximum absolute atomic E-state index is 14.5. The van der Waals surface area contributed by atoms with Crippen LogP contribution in [-0.4, -0.2) is 529 Å². The molecule has 0 aromatic carbocycles. The Morgan fingerprint density at radius 2 is 0.580 bits per heavy atom. The van der Waals surface area contributed by atoms with E-state index in [2.05, 4.69) is 16.0 Å². The van der Waals surface area contributed by atoms with E-state index in [9.17, 15) is 179 Å². The smallest absolute Gasteiger partial charge is 0.317 e. The molecule has 2 saturated heterocycles. The third-order valence-corrected chi connectivity index (χ3v) is 16.6. The first-order valence-corrected chi connectivity index (χ1v) is 33.9. The van der Waals surface area contributed by atoms with Gasteiger partial charge in [-0.1, -0.05) is 0 Å². The quantitative estimate of drug-likeness (QED) is 0.0269. The highest BCUT2D eigenvalue weighted by molar-refractivity contribution is 5.81. The average Bonchev–Trinajstić information content (AvgIpc) is 0.773. The molecule has 2 rings (SSSR count). The fraction of sp³-hybridized carbons (Fsp3) is 0.750. The lowest BCUT2D eigenvalue weighted by Crippen LogP contribution is -2.70. The summed E-state index contributed by atoms with van der Waals surface area (Å²) in [6.07, 6.45) is -25.3. The minimum absolute atomic E-state index is 0.314. The van der Waals surface area contributed by atoms with E-state index in [1.807, 2.05) is 0 Å².